The Kier molecular flexibility index (Phi) is 6.77. The Bertz CT molecular complexity index is 537. The molecule has 0 bridgehead atoms. The minimum Gasteiger partial charge on any atom is -0.494 e. The number of fused-ring (bicyclic) bond motifs is 1. The van der Waals surface area contributed by atoms with Gasteiger partial charge < -0.3 is 14.5 Å². The van der Waals surface area contributed by atoms with Crippen molar-refractivity contribution in [2.45, 2.75) is 58.4 Å². The summed E-state index contributed by atoms with van der Waals surface area (Å²) in [5, 5.41) is 0. The predicted molar refractivity (Wildman–Crippen MR) is 106 cm³/mol. The van der Waals surface area contributed by atoms with Crippen LogP contribution in [0.4, 0.5) is 0 Å². The highest BCUT2D eigenvalue weighted by atomic mass is 16.5. The number of hydrogen-bond acceptors (Lipinski definition) is 3. The first-order valence-corrected chi connectivity index (χ1v) is 10.3. The first-order chi connectivity index (χ1) is 12.1. The Hall–Kier alpha value is -1.06. The lowest BCUT2D eigenvalue weighted by atomic mass is 10.1. The Labute approximate surface area is 154 Å². The molecule has 0 radical (unpaired) electrons. The van der Waals surface area contributed by atoms with E-state index in [9.17, 15) is 0 Å². The largest absolute Gasteiger partial charge is 0.494 e. The van der Waals surface area contributed by atoms with E-state index in [0.29, 0.717) is 6.04 Å². The average Bonchev–Trinajstić information content (AvgIpc) is 3.01. The van der Waals surface area contributed by atoms with Gasteiger partial charge in [0.1, 0.15) is 5.75 Å². The second-order valence-corrected chi connectivity index (χ2v) is 8.34. The highest BCUT2D eigenvalue weighted by molar-refractivity contribution is 5.39. The lowest BCUT2D eigenvalue weighted by Gasteiger charge is -2.26. The van der Waals surface area contributed by atoms with Crippen molar-refractivity contribution in [3.8, 4) is 5.75 Å². The van der Waals surface area contributed by atoms with Gasteiger partial charge in [0.15, 0.2) is 0 Å². The van der Waals surface area contributed by atoms with Crippen LogP contribution in [0.25, 0.3) is 0 Å². The van der Waals surface area contributed by atoms with E-state index in [0.717, 1.165) is 24.7 Å². The zero-order chi connectivity index (χ0) is 17.6. The summed E-state index contributed by atoms with van der Waals surface area (Å²) in [6, 6.07) is 7.40. The molecule has 1 unspecified atom stereocenters. The predicted octanol–water partition coefficient (Wildman–Crippen LogP) is 4.00. The van der Waals surface area contributed by atoms with Gasteiger partial charge in [-0.25, -0.2) is 0 Å². The summed E-state index contributed by atoms with van der Waals surface area (Å²) in [5.41, 5.74) is 3.04. The molecule has 1 aliphatic heterocycles. The van der Waals surface area contributed by atoms with Crippen molar-refractivity contribution in [2.75, 3.05) is 39.8 Å². The lowest BCUT2D eigenvalue weighted by Crippen LogP contribution is -2.31. The maximum Gasteiger partial charge on any atom is 0.119 e. The van der Waals surface area contributed by atoms with Gasteiger partial charge in [-0.2, -0.15) is 0 Å². The van der Waals surface area contributed by atoms with E-state index in [4.69, 9.17) is 4.74 Å². The first kappa shape index (κ1) is 18.7. The highest BCUT2D eigenvalue weighted by Crippen LogP contribution is 2.30. The van der Waals surface area contributed by atoms with Crippen LogP contribution in [0.1, 0.15) is 50.7 Å². The summed E-state index contributed by atoms with van der Waals surface area (Å²) in [6.45, 7) is 10.3. The Morgan fingerprint density at radius 1 is 1.12 bits per heavy atom. The fourth-order valence-electron chi connectivity index (χ4n) is 4.18. The Morgan fingerprint density at radius 2 is 1.88 bits per heavy atom. The molecule has 1 fully saturated rings. The van der Waals surface area contributed by atoms with Crippen molar-refractivity contribution >= 4 is 0 Å². The van der Waals surface area contributed by atoms with Crippen LogP contribution < -0.4 is 4.74 Å². The van der Waals surface area contributed by atoms with Crippen molar-refractivity contribution in [1.29, 1.82) is 0 Å². The molecule has 0 amide bonds. The molecule has 1 atom stereocenters. The molecule has 0 aromatic heterocycles. The molecular formula is C22H36N2O. The fraction of sp³-hybridized carbons (Fsp3) is 0.727. The van der Waals surface area contributed by atoms with Gasteiger partial charge in [-0.3, -0.25) is 0 Å². The van der Waals surface area contributed by atoms with E-state index in [2.05, 4.69) is 48.9 Å². The molecule has 1 heterocycles. The monoisotopic (exact) mass is 344 g/mol. The summed E-state index contributed by atoms with van der Waals surface area (Å²) >= 11 is 0. The maximum atomic E-state index is 6.04. The number of piperidine rings is 1. The van der Waals surface area contributed by atoms with Crippen LogP contribution >= 0.6 is 0 Å². The van der Waals surface area contributed by atoms with Crippen molar-refractivity contribution in [2.24, 2.45) is 5.92 Å². The first-order valence-electron chi connectivity index (χ1n) is 10.3. The second kappa shape index (κ2) is 9.05. The van der Waals surface area contributed by atoms with Crippen LogP contribution in [0.3, 0.4) is 0 Å². The van der Waals surface area contributed by atoms with Gasteiger partial charge in [0.2, 0.25) is 0 Å². The lowest BCUT2D eigenvalue weighted by molar-refractivity contribution is 0.205. The third-order valence-electron chi connectivity index (χ3n) is 5.96. The quantitative estimate of drug-likeness (QED) is 0.663. The summed E-state index contributed by atoms with van der Waals surface area (Å²) < 4.78 is 6.04. The average molecular weight is 345 g/mol. The van der Waals surface area contributed by atoms with E-state index in [1.54, 1.807) is 0 Å². The van der Waals surface area contributed by atoms with Gasteiger partial charge in [-0.1, -0.05) is 12.5 Å². The van der Waals surface area contributed by atoms with Crippen LogP contribution in [-0.4, -0.2) is 55.7 Å². The molecule has 1 aromatic rings. The summed E-state index contributed by atoms with van der Waals surface area (Å²) in [6.07, 6.45) is 7.73. The van der Waals surface area contributed by atoms with Crippen molar-refractivity contribution < 1.29 is 4.74 Å². The molecule has 0 N–H and O–H groups in total. The molecule has 0 spiro atoms. The molecule has 3 rings (SSSR count). The fourth-order valence-corrected chi connectivity index (χ4v) is 4.18. The van der Waals surface area contributed by atoms with Crippen LogP contribution in [0, 0.1) is 5.92 Å². The van der Waals surface area contributed by atoms with Gasteiger partial charge in [0.25, 0.3) is 0 Å². The molecule has 3 nitrogen and oxygen atoms in total. The smallest absolute Gasteiger partial charge is 0.119 e. The summed E-state index contributed by atoms with van der Waals surface area (Å²) in [4.78, 5) is 5.06. The molecule has 1 saturated heterocycles. The number of hydrogen-bond donors (Lipinski definition) is 0. The van der Waals surface area contributed by atoms with Gasteiger partial charge in [-0.15, -0.1) is 0 Å². The summed E-state index contributed by atoms with van der Waals surface area (Å²) in [5.74, 6) is 1.83. The number of likely N-dealkylation sites (tertiary alicyclic amines) is 1. The maximum absolute atomic E-state index is 6.04. The van der Waals surface area contributed by atoms with Gasteiger partial charge in [0.05, 0.1) is 6.61 Å². The molecule has 2 aliphatic rings. The molecule has 25 heavy (non-hydrogen) atoms. The summed E-state index contributed by atoms with van der Waals surface area (Å²) in [7, 11) is 2.24. The molecule has 1 aliphatic carbocycles. The van der Waals surface area contributed by atoms with E-state index in [1.807, 2.05) is 0 Å². The minimum atomic E-state index is 0.627. The SMILES string of the molecule is CC(C)N(C)CC1Cc2ccc(OCCCN3CCCCC3)cc2C1. The molecule has 140 valence electrons. The van der Waals surface area contributed by atoms with E-state index >= 15 is 0 Å². The van der Waals surface area contributed by atoms with Gasteiger partial charge in [-0.05, 0) is 95.3 Å². The second-order valence-electron chi connectivity index (χ2n) is 8.34. The van der Waals surface area contributed by atoms with Crippen LogP contribution in [0.2, 0.25) is 0 Å². The number of ether oxygens (including phenoxy) is 1. The highest BCUT2D eigenvalue weighted by Gasteiger charge is 2.23. The zero-order valence-corrected chi connectivity index (χ0v) is 16.5. The van der Waals surface area contributed by atoms with E-state index in [1.165, 1.54) is 69.4 Å². The number of nitrogens with zero attached hydrogens (tertiary/aromatic N) is 2. The molecule has 3 heteroatoms. The van der Waals surface area contributed by atoms with Crippen LogP contribution in [0.5, 0.6) is 5.75 Å². The minimum absolute atomic E-state index is 0.627. The van der Waals surface area contributed by atoms with Crippen LogP contribution in [-0.2, 0) is 12.8 Å². The molecular weight excluding hydrogens is 308 g/mol. The van der Waals surface area contributed by atoms with Crippen molar-refractivity contribution in [3.05, 3.63) is 29.3 Å². The van der Waals surface area contributed by atoms with Crippen LogP contribution in [0.15, 0.2) is 18.2 Å². The normalized spacial score (nSPS) is 21.1. The van der Waals surface area contributed by atoms with Crippen molar-refractivity contribution in [3.63, 3.8) is 0 Å². The third kappa shape index (κ3) is 5.46. The Morgan fingerprint density at radius 3 is 2.64 bits per heavy atom. The molecule has 1 aromatic carbocycles. The topological polar surface area (TPSA) is 15.7 Å². The van der Waals surface area contributed by atoms with E-state index < -0.39 is 0 Å². The number of benzene rings is 1. The van der Waals surface area contributed by atoms with Crippen molar-refractivity contribution in [1.82, 2.24) is 9.80 Å². The Balaban J connectivity index is 1.42. The van der Waals surface area contributed by atoms with E-state index in [-0.39, 0.29) is 0 Å². The number of rotatable bonds is 8. The van der Waals surface area contributed by atoms with Gasteiger partial charge in [0, 0.05) is 19.1 Å². The van der Waals surface area contributed by atoms with Gasteiger partial charge >= 0.3 is 0 Å². The molecule has 0 saturated carbocycles. The third-order valence-corrected chi connectivity index (χ3v) is 5.96. The zero-order valence-electron chi connectivity index (χ0n) is 16.5. The standard InChI is InChI=1S/C22H36N2O/c1-18(2)23(3)17-19-14-20-8-9-22(16-21(20)15-19)25-13-7-12-24-10-5-4-6-11-24/h8-9,16,18-19H,4-7,10-15,17H2,1-3H3.